The number of aryl methyl sites for hydroxylation is 1. The van der Waals surface area contributed by atoms with Gasteiger partial charge >= 0.3 is 11.8 Å². The lowest BCUT2D eigenvalue weighted by Crippen LogP contribution is -2.43. The Morgan fingerprint density at radius 1 is 1.12 bits per heavy atom. The maximum absolute atomic E-state index is 13.6. The van der Waals surface area contributed by atoms with Crippen molar-refractivity contribution in [1.29, 1.82) is 0 Å². The van der Waals surface area contributed by atoms with Gasteiger partial charge in [0.2, 0.25) is 0 Å². The van der Waals surface area contributed by atoms with Crippen LogP contribution in [0.15, 0.2) is 48.5 Å². The molecule has 3 N–H and O–H groups in total. The molecule has 0 aliphatic rings. The molecular weight excluding hydrogens is 311 g/mol. The van der Waals surface area contributed by atoms with E-state index < -0.39 is 23.2 Å². The van der Waals surface area contributed by atoms with Crippen LogP contribution in [0.3, 0.4) is 0 Å². The first-order valence-corrected chi connectivity index (χ1v) is 7.43. The fourth-order valence-electron chi connectivity index (χ4n) is 2.15. The average Bonchev–Trinajstić information content (AvgIpc) is 2.56. The molecule has 2 rings (SSSR count). The largest absolute Gasteiger partial charge is 0.384 e. The van der Waals surface area contributed by atoms with Crippen LogP contribution in [0.2, 0.25) is 0 Å². The summed E-state index contributed by atoms with van der Waals surface area (Å²) >= 11 is 0. The second kappa shape index (κ2) is 7.23. The first-order valence-electron chi connectivity index (χ1n) is 7.43. The molecule has 2 amide bonds. The normalized spacial score (nSPS) is 13.0. The molecule has 1 atom stereocenters. The molecule has 1 unspecified atom stereocenters. The van der Waals surface area contributed by atoms with Gasteiger partial charge in [-0.3, -0.25) is 9.59 Å². The molecule has 6 heteroatoms. The van der Waals surface area contributed by atoms with Crippen molar-refractivity contribution in [3.63, 3.8) is 0 Å². The molecular formula is C18H19FN2O3. The number of carbonyl (C=O) groups excluding carboxylic acids is 2. The molecule has 24 heavy (non-hydrogen) atoms. The number of amides is 2. The molecule has 0 radical (unpaired) electrons. The predicted octanol–water partition coefficient (Wildman–Crippen LogP) is 2.10. The summed E-state index contributed by atoms with van der Waals surface area (Å²) in [5.41, 5.74) is -0.0364. The third-order valence-corrected chi connectivity index (χ3v) is 3.57. The van der Waals surface area contributed by atoms with Crippen molar-refractivity contribution >= 4 is 17.5 Å². The number of nitrogens with one attached hydrogen (secondary N) is 2. The quantitative estimate of drug-likeness (QED) is 0.751. The van der Waals surface area contributed by atoms with Gasteiger partial charge < -0.3 is 15.7 Å². The third-order valence-electron chi connectivity index (χ3n) is 3.57. The molecule has 0 aliphatic heterocycles. The van der Waals surface area contributed by atoms with Crippen LogP contribution in [0.4, 0.5) is 10.1 Å². The molecule has 0 saturated heterocycles. The van der Waals surface area contributed by atoms with Crippen LogP contribution in [-0.4, -0.2) is 23.5 Å². The Morgan fingerprint density at radius 2 is 1.79 bits per heavy atom. The molecule has 0 spiro atoms. The highest BCUT2D eigenvalue weighted by molar-refractivity contribution is 6.39. The zero-order chi connectivity index (χ0) is 17.7. The fourth-order valence-corrected chi connectivity index (χ4v) is 2.15. The molecule has 0 saturated carbocycles. The molecule has 0 aliphatic carbocycles. The van der Waals surface area contributed by atoms with E-state index in [-0.39, 0.29) is 12.2 Å². The summed E-state index contributed by atoms with van der Waals surface area (Å²) in [6.45, 7) is 3.12. The minimum absolute atomic E-state index is 0.0648. The second-order valence-electron chi connectivity index (χ2n) is 5.76. The van der Waals surface area contributed by atoms with Gasteiger partial charge in [0.25, 0.3) is 0 Å². The number of aliphatic hydroxyl groups is 1. The summed E-state index contributed by atoms with van der Waals surface area (Å²) in [4.78, 5) is 23.7. The van der Waals surface area contributed by atoms with Crippen molar-refractivity contribution in [2.75, 3.05) is 11.9 Å². The van der Waals surface area contributed by atoms with Crippen LogP contribution in [0.5, 0.6) is 0 Å². The summed E-state index contributed by atoms with van der Waals surface area (Å²) < 4.78 is 13.6. The topological polar surface area (TPSA) is 78.4 Å². The van der Waals surface area contributed by atoms with E-state index in [0.717, 1.165) is 5.56 Å². The minimum Gasteiger partial charge on any atom is -0.384 e. The zero-order valence-corrected chi connectivity index (χ0v) is 13.5. The van der Waals surface area contributed by atoms with Crippen molar-refractivity contribution in [3.8, 4) is 0 Å². The Kier molecular flexibility index (Phi) is 5.31. The molecule has 0 bridgehead atoms. The van der Waals surface area contributed by atoms with Crippen LogP contribution >= 0.6 is 0 Å². The smallest absolute Gasteiger partial charge is 0.313 e. The summed E-state index contributed by atoms with van der Waals surface area (Å²) in [6, 6.07) is 13.0. The maximum Gasteiger partial charge on any atom is 0.313 e. The van der Waals surface area contributed by atoms with E-state index in [0.29, 0.717) is 5.56 Å². The highest BCUT2D eigenvalue weighted by Crippen LogP contribution is 2.19. The van der Waals surface area contributed by atoms with E-state index >= 15 is 0 Å². The third kappa shape index (κ3) is 4.39. The number of hydrogen-bond donors (Lipinski definition) is 3. The fraction of sp³-hybridized carbons (Fsp3) is 0.222. The Morgan fingerprint density at radius 3 is 2.46 bits per heavy atom. The SMILES string of the molecule is Cc1ccc(F)c(NC(=O)C(=O)NCC(C)(O)c2ccccc2)c1. The molecule has 2 aromatic carbocycles. The van der Waals surface area contributed by atoms with Gasteiger partial charge in [-0.25, -0.2) is 4.39 Å². The minimum atomic E-state index is -1.33. The van der Waals surface area contributed by atoms with Crippen LogP contribution < -0.4 is 10.6 Å². The second-order valence-corrected chi connectivity index (χ2v) is 5.76. The summed E-state index contributed by atoms with van der Waals surface area (Å²) in [7, 11) is 0. The zero-order valence-electron chi connectivity index (χ0n) is 13.5. The number of benzene rings is 2. The number of hydrogen-bond acceptors (Lipinski definition) is 3. The summed E-state index contributed by atoms with van der Waals surface area (Å²) in [5.74, 6) is -2.58. The highest BCUT2D eigenvalue weighted by atomic mass is 19.1. The highest BCUT2D eigenvalue weighted by Gasteiger charge is 2.25. The van der Waals surface area contributed by atoms with E-state index in [9.17, 15) is 19.1 Å². The maximum atomic E-state index is 13.6. The molecule has 5 nitrogen and oxygen atoms in total. The lowest BCUT2D eigenvalue weighted by Gasteiger charge is -2.24. The molecule has 2 aromatic rings. The standard InChI is InChI=1S/C18H19FN2O3/c1-12-8-9-14(19)15(10-12)21-17(23)16(22)20-11-18(2,24)13-6-4-3-5-7-13/h3-10,24H,11H2,1-2H3,(H,20,22)(H,21,23). The summed E-state index contributed by atoms with van der Waals surface area (Å²) in [5, 5.41) is 15.0. The van der Waals surface area contributed by atoms with E-state index in [2.05, 4.69) is 10.6 Å². The van der Waals surface area contributed by atoms with Gasteiger partial charge in [0.15, 0.2) is 0 Å². The van der Waals surface area contributed by atoms with Gasteiger partial charge in [-0.15, -0.1) is 0 Å². The van der Waals surface area contributed by atoms with Gasteiger partial charge in [-0.1, -0.05) is 36.4 Å². The van der Waals surface area contributed by atoms with Gasteiger partial charge in [-0.05, 0) is 37.1 Å². The monoisotopic (exact) mass is 330 g/mol. The average molecular weight is 330 g/mol. The number of anilines is 1. The van der Waals surface area contributed by atoms with Crippen molar-refractivity contribution in [2.45, 2.75) is 19.4 Å². The van der Waals surface area contributed by atoms with Crippen LogP contribution in [0, 0.1) is 12.7 Å². The molecule has 0 fully saturated rings. The number of carbonyl (C=O) groups is 2. The lowest BCUT2D eigenvalue weighted by atomic mass is 9.96. The molecule has 0 heterocycles. The van der Waals surface area contributed by atoms with Crippen molar-refractivity contribution in [2.24, 2.45) is 0 Å². The predicted molar refractivity (Wildman–Crippen MR) is 88.8 cm³/mol. The van der Waals surface area contributed by atoms with Crippen LogP contribution in [0.25, 0.3) is 0 Å². The van der Waals surface area contributed by atoms with Gasteiger partial charge in [0.05, 0.1) is 12.2 Å². The first kappa shape index (κ1) is 17.6. The van der Waals surface area contributed by atoms with Crippen molar-refractivity contribution < 1.29 is 19.1 Å². The first-order chi connectivity index (χ1) is 11.3. The van der Waals surface area contributed by atoms with Gasteiger partial charge in [-0.2, -0.15) is 0 Å². The Hall–Kier alpha value is -2.73. The Bertz CT molecular complexity index is 745. The molecule has 0 aromatic heterocycles. The van der Waals surface area contributed by atoms with E-state index in [4.69, 9.17) is 0 Å². The van der Waals surface area contributed by atoms with Crippen molar-refractivity contribution in [3.05, 3.63) is 65.5 Å². The molecule has 126 valence electrons. The van der Waals surface area contributed by atoms with E-state index in [1.165, 1.54) is 19.1 Å². The van der Waals surface area contributed by atoms with Gasteiger partial charge in [0, 0.05) is 0 Å². The van der Waals surface area contributed by atoms with E-state index in [1.54, 1.807) is 37.3 Å². The van der Waals surface area contributed by atoms with Crippen LogP contribution in [-0.2, 0) is 15.2 Å². The van der Waals surface area contributed by atoms with Gasteiger partial charge in [0.1, 0.15) is 11.4 Å². The Balaban J connectivity index is 1.97. The summed E-state index contributed by atoms with van der Waals surface area (Å²) in [6.07, 6.45) is 0. The number of halogens is 1. The van der Waals surface area contributed by atoms with E-state index in [1.807, 2.05) is 6.07 Å². The van der Waals surface area contributed by atoms with Crippen molar-refractivity contribution in [1.82, 2.24) is 5.32 Å². The number of rotatable bonds is 4. The Labute approximate surface area is 139 Å². The lowest BCUT2D eigenvalue weighted by molar-refractivity contribution is -0.136. The van der Waals surface area contributed by atoms with Crippen LogP contribution in [0.1, 0.15) is 18.1 Å².